The maximum Gasteiger partial charge on any atom is 0.269 e. The van der Waals surface area contributed by atoms with Gasteiger partial charge in [-0.1, -0.05) is 5.16 Å². The first-order chi connectivity index (χ1) is 11.9. The van der Waals surface area contributed by atoms with E-state index in [0.717, 1.165) is 11.1 Å². The van der Waals surface area contributed by atoms with Gasteiger partial charge in [0.2, 0.25) is 11.7 Å². The number of anilines is 1. The number of amides is 1. The Labute approximate surface area is 142 Å². The van der Waals surface area contributed by atoms with E-state index in [1.807, 2.05) is 13.0 Å². The first kappa shape index (κ1) is 16.3. The Morgan fingerprint density at radius 3 is 2.44 bits per heavy atom. The lowest BCUT2D eigenvalue weighted by Gasteiger charge is -2.09. The Hall–Kier alpha value is -3.55. The van der Waals surface area contributed by atoms with Crippen molar-refractivity contribution in [3.8, 4) is 11.4 Å². The molecular formula is C17H14N4O4. The van der Waals surface area contributed by atoms with Crippen molar-refractivity contribution in [3.05, 3.63) is 69.6 Å². The van der Waals surface area contributed by atoms with Gasteiger partial charge < -0.3 is 9.84 Å². The number of nitrogens with one attached hydrogen (secondary N) is 1. The second-order valence-electron chi connectivity index (χ2n) is 5.42. The van der Waals surface area contributed by atoms with E-state index in [1.54, 1.807) is 19.1 Å². The molecule has 0 unspecified atom stereocenters. The maximum atomic E-state index is 12.3. The average molecular weight is 338 g/mol. The number of aryl methyl sites for hydroxylation is 2. The minimum atomic E-state index is -0.510. The highest BCUT2D eigenvalue weighted by Gasteiger charge is 2.12. The van der Waals surface area contributed by atoms with Crippen LogP contribution in [0.25, 0.3) is 11.4 Å². The number of carbonyl (C=O) groups excluding carboxylic acids is 1. The second-order valence-corrected chi connectivity index (χ2v) is 5.42. The molecule has 2 aromatic carbocycles. The molecule has 3 rings (SSSR count). The highest BCUT2D eigenvalue weighted by molar-refractivity contribution is 6.04. The molecule has 0 atom stereocenters. The SMILES string of the molecule is Cc1nc(-c2ccc(NC(=O)c3ccc([N+](=O)[O-])cc3)c(C)c2)no1. The molecular weight excluding hydrogens is 324 g/mol. The Kier molecular flexibility index (Phi) is 4.25. The zero-order chi connectivity index (χ0) is 18.0. The molecule has 1 heterocycles. The third-order valence-corrected chi connectivity index (χ3v) is 3.60. The summed E-state index contributed by atoms with van der Waals surface area (Å²) < 4.78 is 4.96. The van der Waals surface area contributed by atoms with Crippen molar-refractivity contribution in [3.63, 3.8) is 0 Å². The van der Waals surface area contributed by atoms with E-state index in [2.05, 4.69) is 15.5 Å². The Morgan fingerprint density at radius 2 is 1.88 bits per heavy atom. The maximum absolute atomic E-state index is 12.3. The van der Waals surface area contributed by atoms with Gasteiger partial charge >= 0.3 is 0 Å². The number of aromatic nitrogens is 2. The number of benzene rings is 2. The second kappa shape index (κ2) is 6.52. The zero-order valence-electron chi connectivity index (χ0n) is 13.5. The van der Waals surface area contributed by atoms with Crippen LogP contribution in [0, 0.1) is 24.0 Å². The number of nitro groups is 1. The van der Waals surface area contributed by atoms with E-state index < -0.39 is 4.92 Å². The van der Waals surface area contributed by atoms with Crippen LogP contribution in [0.1, 0.15) is 21.8 Å². The Bertz CT molecular complexity index is 948. The van der Waals surface area contributed by atoms with Gasteiger partial charge in [-0.2, -0.15) is 4.98 Å². The highest BCUT2D eigenvalue weighted by atomic mass is 16.6. The molecule has 25 heavy (non-hydrogen) atoms. The number of hydrogen-bond acceptors (Lipinski definition) is 6. The molecule has 0 aliphatic rings. The van der Waals surface area contributed by atoms with Gasteiger partial charge in [-0.3, -0.25) is 14.9 Å². The fourth-order valence-corrected chi connectivity index (χ4v) is 2.29. The van der Waals surface area contributed by atoms with Crippen LogP contribution in [0.4, 0.5) is 11.4 Å². The normalized spacial score (nSPS) is 10.5. The van der Waals surface area contributed by atoms with Gasteiger partial charge in [0, 0.05) is 35.9 Å². The molecule has 1 aromatic heterocycles. The standard InChI is InChI=1S/C17H14N4O4/c1-10-9-13(16-18-11(2)25-20-16)5-8-15(10)19-17(22)12-3-6-14(7-4-12)21(23)24/h3-9H,1-2H3,(H,19,22). The van der Waals surface area contributed by atoms with E-state index in [-0.39, 0.29) is 11.6 Å². The van der Waals surface area contributed by atoms with Gasteiger partial charge in [-0.15, -0.1) is 0 Å². The predicted molar refractivity (Wildman–Crippen MR) is 90.3 cm³/mol. The lowest BCUT2D eigenvalue weighted by molar-refractivity contribution is -0.384. The molecule has 1 amide bonds. The number of non-ortho nitro benzene ring substituents is 1. The number of nitro benzene ring substituents is 1. The third kappa shape index (κ3) is 3.52. The lowest BCUT2D eigenvalue weighted by atomic mass is 10.1. The van der Waals surface area contributed by atoms with Crippen LogP contribution in [-0.4, -0.2) is 21.0 Å². The molecule has 1 N–H and O–H groups in total. The van der Waals surface area contributed by atoms with Crippen molar-refractivity contribution < 1.29 is 14.2 Å². The minimum Gasteiger partial charge on any atom is -0.339 e. The van der Waals surface area contributed by atoms with Gasteiger partial charge in [0.05, 0.1) is 4.92 Å². The monoisotopic (exact) mass is 338 g/mol. The van der Waals surface area contributed by atoms with Crippen molar-refractivity contribution >= 4 is 17.3 Å². The topological polar surface area (TPSA) is 111 Å². The van der Waals surface area contributed by atoms with Gasteiger partial charge in [-0.25, -0.2) is 0 Å². The molecule has 0 saturated carbocycles. The van der Waals surface area contributed by atoms with Crippen molar-refractivity contribution in [2.45, 2.75) is 13.8 Å². The van der Waals surface area contributed by atoms with Crippen molar-refractivity contribution in [2.24, 2.45) is 0 Å². The number of carbonyl (C=O) groups is 1. The summed E-state index contributed by atoms with van der Waals surface area (Å²) in [6.45, 7) is 3.56. The summed E-state index contributed by atoms with van der Waals surface area (Å²) in [7, 11) is 0. The first-order valence-corrected chi connectivity index (χ1v) is 7.41. The first-order valence-electron chi connectivity index (χ1n) is 7.41. The van der Waals surface area contributed by atoms with Gasteiger partial charge in [0.1, 0.15) is 0 Å². The molecule has 0 bridgehead atoms. The largest absolute Gasteiger partial charge is 0.339 e. The minimum absolute atomic E-state index is 0.0625. The molecule has 126 valence electrons. The summed E-state index contributed by atoms with van der Waals surface area (Å²) >= 11 is 0. The summed E-state index contributed by atoms with van der Waals surface area (Å²) in [4.78, 5) is 26.6. The van der Waals surface area contributed by atoms with E-state index in [9.17, 15) is 14.9 Å². The number of hydrogen-bond donors (Lipinski definition) is 1. The van der Waals surface area contributed by atoms with Gasteiger partial charge in [-0.05, 0) is 42.8 Å². The van der Waals surface area contributed by atoms with Crippen molar-refractivity contribution in [1.29, 1.82) is 0 Å². The van der Waals surface area contributed by atoms with Gasteiger partial charge in [0.25, 0.3) is 11.6 Å². The smallest absolute Gasteiger partial charge is 0.269 e. The van der Waals surface area contributed by atoms with Crippen LogP contribution < -0.4 is 5.32 Å². The highest BCUT2D eigenvalue weighted by Crippen LogP contribution is 2.23. The summed E-state index contributed by atoms with van der Waals surface area (Å²) in [6, 6.07) is 10.8. The van der Waals surface area contributed by atoms with E-state index in [4.69, 9.17) is 4.52 Å². The number of rotatable bonds is 4. The fraction of sp³-hybridized carbons (Fsp3) is 0.118. The quantitative estimate of drug-likeness (QED) is 0.575. The third-order valence-electron chi connectivity index (χ3n) is 3.60. The predicted octanol–water partition coefficient (Wildman–Crippen LogP) is 3.51. The fourth-order valence-electron chi connectivity index (χ4n) is 2.29. The van der Waals surface area contributed by atoms with Crippen molar-refractivity contribution in [2.75, 3.05) is 5.32 Å². The molecule has 0 fully saturated rings. The van der Waals surface area contributed by atoms with Crippen molar-refractivity contribution in [1.82, 2.24) is 10.1 Å². The molecule has 8 heteroatoms. The molecule has 0 radical (unpaired) electrons. The molecule has 0 saturated heterocycles. The van der Waals surface area contributed by atoms with Crippen LogP contribution in [0.3, 0.4) is 0 Å². The number of nitrogens with zero attached hydrogens (tertiary/aromatic N) is 3. The zero-order valence-corrected chi connectivity index (χ0v) is 13.5. The molecule has 0 aliphatic heterocycles. The van der Waals surface area contributed by atoms with Crippen LogP contribution in [-0.2, 0) is 0 Å². The summed E-state index contributed by atoms with van der Waals surface area (Å²) in [5, 5.41) is 17.3. The van der Waals surface area contributed by atoms with Crippen LogP contribution in [0.2, 0.25) is 0 Å². The average Bonchev–Trinajstić information content (AvgIpc) is 3.03. The van der Waals surface area contributed by atoms with Crippen LogP contribution in [0.15, 0.2) is 47.0 Å². The lowest BCUT2D eigenvalue weighted by Crippen LogP contribution is -2.12. The Balaban J connectivity index is 1.78. The Morgan fingerprint density at radius 1 is 1.16 bits per heavy atom. The van der Waals surface area contributed by atoms with Gasteiger partial charge in [0.15, 0.2) is 0 Å². The summed E-state index contributed by atoms with van der Waals surface area (Å²) in [6.07, 6.45) is 0. The van der Waals surface area contributed by atoms with Crippen LogP contribution in [0.5, 0.6) is 0 Å². The molecule has 0 aliphatic carbocycles. The molecule has 3 aromatic rings. The molecule has 8 nitrogen and oxygen atoms in total. The van der Waals surface area contributed by atoms with E-state index >= 15 is 0 Å². The van der Waals surface area contributed by atoms with E-state index in [0.29, 0.717) is 23.0 Å². The summed E-state index contributed by atoms with van der Waals surface area (Å²) in [5.41, 5.74) is 2.51. The summed E-state index contributed by atoms with van der Waals surface area (Å²) in [5.74, 6) is 0.609. The van der Waals surface area contributed by atoms with E-state index in [1.165, 1.54) is 24.3 Å². The molecule has 0 spiro atoms. The van der Waals surface area contributed by atoms with Crippen LogP contribution >= 0.6 is 0 Å².